The first-order valence-corrected chi connectivity index (χ1v) is 27.0. The highest BCUT2D eigenvalue weighted by Gasteiger charge is 2.51. The number of unbranched alkanes of at least 4 members (excludes halogenated alkanes) is 13. The van der Waals surface area contributed by atoms with Crippen molar-refractivity contribution in [1.29, 1.82) is 0 Å². The van der Waals surface area contributed by atoms with Crippen LogP contribution in [0.3, 0.4) is 0 Å². The van der Waals surface area contributed by atoms with Gasteiger partial charge in [-0.15, -0.1) is 0 Å². The first-order chi connectivity index (χ1) is 34.6. The molecule has 0 aromatic carbocycles. The first-order valence-electron chi connectivity index (χ1n) is 27.0. The molecule has 1 amide bonds. The molecule has 0 radical (unpaired) electrons. The molecule has 0 aromatic heterocycles. The van der Waals surface area contributed by atoms with Crippen LogP contribution in [0.1, 0.15) is 162 Å². The van der Waals surface area contributed by atoms with Gasteiger partial charge in [-0.05, 0) is 83.5 Å². The van der Waals surface area contributed by atoms with E-state index in [1.165, 1.54) is 64.2 Å². The zero-order valence-corrected chi connectivity index (χ0v) is 43.2. The van der Waals surface area contributed by atoms with Gasteiger partial charge in [0.2, 0.25) is 5.91 Å². The number of rotatable bonds is 40. The number of allylic oxidation sites excluding steroid dienone is 15. The second-order valence-corrected chi connectivity index (χ2v) is 18.6. The summed E-state index contributed by atoms with van der Waals surface area (Å²) < 4.78 is 22.7. The fraction of sp³-hybridized carbons (Fsp3) is 0.702. The maximum atomic E-state index is 13.2. The molecule has 2 heterocycles. The van der Waals surface area contributed by atoms with Crippen molar-refractivity contribution in [2.75, 3.05) is 19.8 Å². The average Bonchev–Trinajstić information content (AvgIpc) is 3.37. The zero-order valence-electron chi connectivity index (χ0n) is 43.2. The summed E-state index contributed by atoms with van der Waals surface area (Å²) >= 11 is 0. The van der Waals surface area contributed by atoms with Gasteiger partial charge in [0.05, 0.1) is 32.0 Å². The molecule has 406 valence electrons. The molecule has 0 aromatic rings. The van der Waals surface area contributed by atoms with Gasteiger partial charge in [-0.3, -0.25) is 4.79 Å². The molecular weight excluding hydrogens is 907 g/mol. The molecule has 0 aliphatic carbocycles. The van der Waals surface area contributed by atoms with E-state index in [-0.39, 0.29) is 18.9 Å². The lowest BCUT2D eigenvalue weighted by Crippen LogP contribution is -2.65. The molecule has 0 spiro atoms. The van der Waals surface area contributed by atoms with Crippen molar-refractivity contribution < 1.29 is 64.6 Å². The third-order valence-electron chi connectivity index (χ3n) is 12.5. The molecule has 14 nitrogen and oxygen atoms in total. The predicted molar refractivity (Wildman–Crippen MR) is 281 cm³/mol. The molecule has 2 saturated heterocycles. The summed E-state index contributed by atoms with van der Waals surface area (Å²) in [5, 5.41) is 86.8. The summed E-state index contributed by atoms with van der Waals surface area (Å²) in [5.41, 5.74) is 0. The minimum absolute atomic E-state index is 0.213. The normalized spacial score (nSPS) is 26.6. The Kier molecular flexibility index (Phi) is 38.1. The topological polar surface area (TPSA) is 228 Å². The Morgan fingerprint density at radius 3 is 1.55 bits per heavy atom. The highest BCUT2D eigenvalue weighted by atomic mass is 16.7. The van der Waals surface area contributed by atoms with Crippen LogP contribution in [0.4, 0.5) is 0 Å². The van der Waals surface area contributed by atoms with Gasteiger partial charge in [0.15, 0.2) is 12.6 Å². The van der Waals surface area contributed by atoms with Crippen molar-refractivity contribution >= 4 is 5.91 Å². The van der Waals surface area contributed by atoms with Gasteiger partial charge >= 0.3 is 0 Å². The molecule has 71 heavy (non-hydrogen) atoms. The van der Waals surface area contributed by atoms with Gasteiger partial charge in [-0.25, -0.2) is 0 Å². The van der Waals surface area contributed by atoms with E-state index in [0.29, 0.717) is 12.8 Å². The first kappa shape index (κ1) is 64.0. The van der Waals surface area contributed by atoms with Crippen LogP contribution in [-0.4, -0.2) is 140 Å². The Morgan fingerprint density at radius 2 is 0.986 bits per heavy atom. The van der Waals surface area contributed by atoms with Gasteiger partial charge in [-0.1, -0.05) is 169 Å². The molecular formula is C57H95NO13. The van der Waals surface area contributed by atoms with E-state index < -0.39 is 86.8 Å². The predicted octanol–water partition coefficient (Wildman–Crippen LogP) is 7.93. The number of amides is 1. The Labute approximate surface area is 426 Å². The fourth-order valence-corrected chi connectivity index (χ4v) is 8.13. The van der Waals surface area contributed by atoms with E-state index in [2.05, 4.69) is 104 Å². The SMILES string of the molecule is CC/C=C\C/C=C\C/C=C\C/C=C\C/C=C\C/C=C\CCCCC(=O)NC(COC1OC(CO)C(OC2OC(CO)C(O)C(O)C2O)C(O)C1O)C(O)/C=C/CC/C=C/CCCCCCCCCCCC. The number of ether oxygens (including phenoxy) is 4. The molecule has 2 aliphatic rings. The Morgan fingerprint density at radius 1 is 0.521 bits per heavy atom. The van der Waals surface area contributed by atoms with Gasteiger partial charge in [0.1, 0.15) is 48.8 Å². The summed E-state index contributed by atoms with van der Waals surface area (Å²) in [6.07, 6.45) is 40.1. The van der Waals surface area contributed by atoms with Crippen molar-refractivity contribution in [2.24, 2.45) is 0 Å². The molecule has 0 bridgehead atoms. The van der Waals surface area contributed by atoms with E-state index in [4.69, 9.17) is 18.9 Å². The van der Waals surface area contributed by atoms with Crippen LogP contribution >= 0.6 is 0 Å². The molecule has 2 rings (SSSR count). The fourth-order valence-electron chi connectivity index (χ4n) is 8.13. The highest BCUT2D eigenvalue weighted by Crippen LogP contribution is 2.30. The van der Waals surface area contributed by atoms with Crippen LogP contribution in [0.5, 0.6) is 0 Å². The lowest BCUT2D eigenvalue weighted by molar-refractivity contribution is -0.359. The monoisotopic (exact) mass is 1000 g/mol. The second-order valence-electron chi connectivity index (χ2n) is 18.6. The van der Waals surface area contributed by atoms with Crippen molar-refractivity contribution in [1.82, 2.24) is 5.32 Å². The molecule has 9 N–H and O–H groups in total. The van der Waals surface area contributed by atoms with E-state index >= 15 is 0 Å². The summed E-state index contributed by atoms with van der Waals surface area (Å²) in [5.74, 6) is -0.296. The average molecular weight is 1000 g/mol. The Hall–Kier alpha value is -3.09. The number of aliphatic hydroxyl groups is 8. The maximum absolute atomic E-state index is 13.2. The number of hydrogen-bond donors (Lipinski definition) is 9. The van der Waals surface area contributed by atoms with E-state index in [1.54, 1.807) is 6.08 Å². The van der Waals surface area contributed by atoms with E-state index in [9.17, 15) is 45.6 Å². The van der Waals surface area contributed by atoms with Gasteiger partial charge < -0.3 is 65.1 Å². The summed E-state index contributed by atoms with van der Waals surface area (Å²) in [4.78, 5) is 13.2. The van der Waals surface area contributed by atoms with Gasteiger partial charge in [0, 0.05) is 6.42 Å². The van der Waals surface area contributed by atoms with Crippen LogP contribution in [-0.2, 0) is 23.7 Å². The Balaban J connectivity index is 1.87. The number of carbonyl (C=O) groups excluding carboxylic acids is 1. The van der Waals surface area contributed by atoms with Crippen LogP contribution in [0.15, 0.2) is 97.2 Å². The largest absolute Gasteiger partial charge is 0.394 e. The van der Waals surface area contributed by atoms with Crippen molar-refractivity contribution in [2.45, 2.75) is 235 Å². The summed E-state index contributed by atoms with van der Waals surface area (Å²) in [7, 11) is 0. The second kappa shape index (κ2) is 42.3. The van der Waals surface area contributed by atoms with Crippen molar-refractivity contribution in [3.8, 4) is 0 Å². The minimum Gasteiger partial charge on any atom is -0.394 e. The van der Waals surface area contributed by atoms with Crippen molar-refractivity contribution in [3.63, 3.8) is 0 Å². The number of hydrogen-bond acceptors (Lipinski definition) is 13. The molecule has 0 saturated carbocycles. The lowest BCUT2D eigenvalue weighted by atomic mass is 9.97. The summed E-state index contributed by atoms with van der Waals surface area (Å²) in [6.45, 7) is 2.60. The number of nitrogens with one attached hydrogen (secondary N) is 1. The number of aliphatic hydroxyl groups excluding tert-OH is 8. The Bertz CT molecular complexity index is 1560. The molecule has 2 aliphatic heterocycles. The van der Waals surface area contributed by atoms with E-state index in [1.807, 2.05) is 6.08 Å². The summed E-state index contributed by atoms with van der Waals surface area (Å²) in [6, 6.07) is -0.961. The van der Waals surface area contributed by atoms with Gasteiger partial charge in [-0.2, -0.15) is 0 Å². The molecule has 14 heteroatoms. The third kappa shape index (κ3) is 28.8. The number of carbonyl (C=O) groups is 1. The standard InChI is InChI=1S/C57H95NO13/c1-3-5-7-9-11-13-15-17-19-21-22-23-24-25-27-29-31-33-35-37-39-41-49(62)58-45(46(61)40-38-36-34-32-30-28-26-20-18-16-14-12-10-8-6-4-2)44-68-56-54(67)52(65)55(48(43-60)70-56)71-57-53(66)51(64)50(63)47(42-59)69-57/h5,7,11,13,17,19,22-23,25,27,30-33,38,40,45-48,50-57,59-61,63-67H,3-4,6,8-10,12,14-16,18,20-21,24,26,28-29,34-37,39,41-44H2,1-2H3,(H,58,62)/b7-5-,13-11-,19-17-,23-22-,27-25-,32-30+,33-31-,40-38+. The van der Waals surface area contributed by atoms with Crippen LogP contribution in [0.2, 0.25) is 0 Å². The van der Waals surface area contributed by atoms with Crippen molar-refractivity contribution in [3.05, 3.63) is 97.2 Å². The smallest absolute Gasteiger partial charge is 0.220 e. The maximum Gasteiger partial charge on any atom is 0.220 e. The van der Waals surface area contributed by atoms with Gasteiger partial charge in [0.25, 0.3) is 0 Å². The zero-order chi connectivity index (χ0) is 51.7. The van der Waals surface area contributed by atoms with Crippen LogP contribution < -0.4 is 5.32 Å². The highest BCUT2D eigenvalue weighted by molar-refractivity contribution is 5.76. The third-order valence-corrected chi connectivity index (χ3v) is 12.5. The molecule has 12 unspecified atom stereocenters. The quantitative estimate of drug-likeness (QED) is 0.0210. The van der Waals surface area contributed by atoms with Crippen LogP contribution in [0, 0.1) is 0 Å². The van der Waals surface area contributed by atoms with Crippen LogP contribution in [0.25, 0.3) is 0 Å². The minimum atomic E-state index is -1.80. The molecule has 2 fully saturated rings. The van der Waals surface area contributed by atoms with E-state index in [0.717, 1.165) is 64.2 Å². The molecule has 12 atom stereocenters. The lowest BCUT2D eigenvalue weighted by Gasteiger charge is -2.46.